The first kappa shape index (κ1) is 23.3. The summed E-state index contributed by atoms with van der Waals surface area (Å²) in [6.45, 7) is 3.78. The molecule has 0 aromatic heterocycles. The molecule has 1 amide bonds. The normalized spacial score (nSPS) is 12.0. The third kappa shape index (κ3) is 6.03. The first-order valence-corrected chi connectivity index (χ1v) is 11.3. The highest BCUT2D eigenvalue weighted by Crippen LogP contribution is 2.29. The van der Waals surface area contributed by atoms with Gasteiger partial charge in [0.1, 0.15) is 5.75 Å². The summed E-state index contributed by atoms with van der Waals surface area (Å²) >= 11 is 0. The highest BCUT2D eigenvalue weighted by atomic mass is 32.2. The van der Waals surface area contributed by atoms with Crippen molar-refractivity contribution in [3.8, 4) is 17.2 Å². The van der Waals surface area contributed by atoms with Crippen molar-refractivity contribution in [1.82, 2.24) is 5.32 Å². The lowest BCUT2D eigenvalue weighted by molar-refractivity contribution is -0.123. The molecule has 0 unspecified atom stereocenters. The van der Waals surface area contributed by atoms with Crippen LogP contribution in [-0.4, -0.2) is 48.0 Å². The number of carbonyl (C=O) groups is 1. The molecule has 8 nitrogen and oxygen atoms in total. The van der Waals surface area contributed by atoms with E-state index in [1.54, 1.807) is 51.5 Å². The zero-order valence-corrected chi connectivity index (χ0v) is 18.7. The SMILES string of the molecule is CCN(c1ccc(OCC(=O)N[C@H](C)c2ccc(OC)c(OC)c2)cc1)S(C)(=O)=O. The van der Waals surface area contributed by atoms with E-state index in [1.165, 1.54) is 4.31 Å². The summed E-state index contributed by atoms with van der Waals surface area (Å²) in [4.78, 5) is 12.3. The quantitative estimate of drug-likeness (QED) is 0.616. The van der Waals surface area contributed by atoms with Crippen LogP contribution in [0.5, 0.6) is 17.2 Å². The fourth-order valence-electron chi connectivity index (χ4n) is 2.95. The van der Waals surface area contributed by atoms with Gasteiger partial charge in [0, 0.05) is 6.54 Å². The number of nitrogens with zero attached hydrogens (tertiary/aromatic N) is 1. The second-order valence-corrected chi connectivity index (χ2v) is 8.52. The number of sulfonamides is 1. The minimum absolute atomic E-state index is 0.166. The summed E-state index contributed by atoms with van der Waals surface area (Å²) in [6, 6.07) is 11.7. The van der Waals surface area contributed by atoms with Crippen molar-refractivity contribution in [2.45, 2.75) is 19.9 Å². The van der Waals surface area contributed by atoms with Gasteiger partial charge in [-0.2, -0.15) is 0 Å². The van der Waals surface area contributed by atoms with Crippen LogP contribution in [0.1, 0.15) is 25.5 Å². The van der Waals surface area contributed by atoms with Crippen LogP contribution in [-0.2, 0) is 14.8 Å². The number of nitrogens with one attached hydrogen (secondary N) is 1. The first-order valence-electron chi connectivity index (χ1n) is 9.41. The van der Waals surface area contributed by atoms with E-state index in [-0.39, 0.29) is 18.6 Å². The third-order valence-corrected chi connectivity index (χ3v) is 5.74. The van der Waals surface area contributed by atoms with Gasteiger partial charge in [-0.15, -0.1) is 0 Å². The van der Waals surface area contributed by atoms with Crippen molar-refractivity contribution in [2.24, 2.45) is 0 Å². The largest absolute Gasteiger partial charge is 0.493 e. The Bertz CT molecular complexity index is 960. The Hall–Kier alpha value is -2.94. The number of benzene rings is 2. The number of amides is 1. The van der Waals surface area contributed by atoms with E-state index >= 15 is 0 Å². The lowest BCUT2D eigenvalue weighted by Gasteiger charge is -2.20. The molecule has 0 radical (unpaired) electrons. The molecule has 0 saturated heterocycles. The topological polar surface area (TPSA) is 94.2 Å². The molecule has 0 aliphatic rings. The Morgan fingerprint density at radius 1 is 1.07 bits per heavy atom. The van der Waals surface area contributed by atoms with Gasteiger partial charge < -0.3 is 19.5 Å². The molecule has 164 valence electrons. The third-order valence-electron chi connectivity index (χ3n) is 4.47. The molecule has 9 heteroatoms. The van der Waals surface area contributed by atoms with E-state index in [1.807, 2.05) is 19.1 Å². The first-order chi connectivity index (χ1) is 14.2. The number of carbonyl (C=O) groups excluding carboxylic acids is 1. The smallest absolute Gasteiger partial charge is 0.258 e. The van der Waals surface area contributed by atoms with Gasteiger partial charge in [-0.3, -0.25) is 9.10 Å². The average molecular weight is 437 g/mol. The van der Waals surface area contributed by atoms with Gasteiger partial charge in [0.25, 0.3) is 5.91 Å². The molecule has 0 bridgehead atoms. The van der Waals surface area contributed by atoms with Crippen molar-refractivity contribution in [3.63, 3.8) is 0 Å². The molecule has 0 aliphatic carbocycles. The molecule has 0 heterocycles. The van der Waals surface area contributed by atoms with Crippen LogP contribution in [0.3, 0.4) is 0 Å². The summed E-state index contributed by atoms with van der Waals surface area (Å²) in [5.74, 6) is 1.39. The Morgan fingerprint density at radius 2 is 1.70 bits per heavy atom. The molecule has 0 saturated carbocycles. The molecular formula is C21H28N2O6S. The predicted octanol–water partition coefficient (Wildman–Crippen LogP) is 2.75. The van der Waals surface area contributed by atoms with Gasteiger partial charge in [-0.1, -0.05) is 6.07 Å². The average Bonchev–Trinajstić information content (AvgIpc) is 2.72. The molecule has 0 fully saturated rings. The number of anilines is 1. The van der Waals surface area contributed by atoms with Gasteiger partial charge in [0.05, 0.1) is 32.2 Å². The number of hydrogen-bond acceptors (Lipinski definition) is 6. The van der Waals surface area contributed by atoms with Crippen molar-refractivity contribution >= 4 is 21.6 Å². The fourth-order valence-corrected chi connectivity index (χ4v) is 3.93. The molecule has 30 heavy (non-hydrogen) atoms. The minimum Gasteiger partial charge on any atom is -0.493 e. The molecule has 2 aromatic rings. The molecule has 1 atom stereocenters. The highest BCUT2D eigenvalue weighted by Gasteiger charge is 2.16. The van der Waals surface area contributed by atoms with Crippen LogP contribution in [0.2, 0.25) is 0 Å². The van der Waals surface area contributed by atoms with E-state index in [9.17, 15) is 13.2 Å². The van der Waals surface area contributed by atoms with E-state index < -0.39 is 10.0 Å². The Morgan fingerprint density at radius 3 is 2.23 bits per heavy atom. The van der Waals surface area contributed by atoms with Gasteiger partial charge in [-0.05, 0) is 55.8 Å². The lowest BCUT2D eigenvalue weighted by atomic mass is 10.1. The minimum atomic E-state index is -3.34. The fraction of sp³-hybridized carbons (Fsp3) is 0.381. The number of ether oxygens (including phenoxy) is 3. The molecule has 2 aromatic carbocycles. The van der Waals surface area contributed by atoms with Crippen molar-refractivity contribution in [1.29, 1.82) is 0 Å². The van der Waals surface area contributed by atoms with Crippen LogP contribution in [0.25, 0.3) is 0 Å². The lowest BCUT2D eigenvalue weighted by Crippen LogP contribution is -2.31. The zero-order valence-electron chi connectivity index (χ0n) is 17.8. The maximum absolute atomic E-state index is 12.3. The maximum atomic E-state index is 12.3. The van der Waals surface area contributed by atoms with E-state index in [4.69, 9.17) is 14.2 Å². The van der Waals surface area contributed by atoms with Gasteiger partial charge in [-0.25, -0.2) is 8.42 Å². The monoisotopic (exact) mass is 436 g/mol. The zero-order chi connectivity index (χ0) is 22.3. The summed E-state index contributed by atoms with van der Waals surface area (Å²) in [5, 5.41) is 2.87. The second-order valence-electron chi connectivity index (χ2n) is 6.61. The Kier molecular flexibility index (Phi) is 7.93. The molecule has 2 rings (SSSR count). The van der Waals surface area contributed by atoms with Crippen LogP contribution in [0, 0.1) is 0 Å². The van der Waals surface area contributed by atoms with Gasteiger partial charge in [0.2, 0.25) is 10.0 Å². The molecule has 1 N–H and O–H groups in total. The molecule has 0 spiro atoms. The predicted molar refractivity (Wildman–Crippen MR) is 116 cm³/mol. The summed E-state index contributed by atoms with van der Waals surface area (Å²) in [5.41, 5.74) is 1.41. The second kappa shape index (κ2) is 10.2. The van der Waals surface area contributed by atoms with E-state index in [0.717, 1.165) is 11.8 Å². The van der Waals surface area contributed by atoms with Crippen LogP contribution in [0.15, 0.2) is 42.5 Å². The summed E-state index contributed by atoms with van der Waals surface area (Å²) < 4.78 is 40.9. The standard InChI is InChI=1S/C21H28N2O6S/c1-6-23(30(5,25)26)17-8-10-18(11-9-17)29-14-21(24)22-15(2)16-7-12-19(27-3)20(13-16)28-4/h7-13,15H,6,14H2,1-5H3,(H,22,24)/t15-/m1/s1. The van der Waals surface area contributed by atoms with Crippen molar-refractivity contribution < 1.29 is 27.4 Å². The van der Waals surface area contributed by atoms with E-state index in [2.05, 4.69) is 5.32 Å². The maximum Gasteiger partial charge on any atom is 0.258 e. The van der Waals surface area contributed by atoms with Crippen LogP contribution >= 0.6 is 0 Å². The number of methoxy groups -OCH3 is 2. The highest BCUT2D eigenvalue weighted by molar-refractivity contribution is 7.92. The Balaban J connectivity index is 1.94. The van der Waals surface area contributed by atoms with Crippen LogP contribution < -0.4 is 23.8 Å². The van der Waals surface area contributed by atoms with E-state index in [0.29, 0.717) is 29.5 Å². The summed E-state index contributed by atoms with van der Waals surface area (Å²) in [6.07, 6.45) is 1.16. The molecular weight excluding hydrogens is 408 g/mol. The van der Waals surface area contributed by atoms with Gasteiger partial charge in [0.15, 0.2) is 18.1 Å². The summed E-state index contributed by atoms with van der Waals surface area (Å²) in [7, 11) is -0.226. The van der Waals surface area contributed by atoms with Gasteiger partial charge >= 0.3 is 0 Å². The van der Waals surface area contributed by atoms with Crippen molar-refractivity contribution in [2.75, 3.05) is 37.9 Å². The van der Waals surface area contributed by atoms with Crippen molar-refractivity contribution in [3.05, 3.63) is 48.0 Å². The number of rotatable bonds is 10. The van der Waals surface area contributed by atoms with Crippen LogP contribution in [0.4, 0.5) is 5.69 Å². The molecule has 0 aliphatic heterocycles. The Labute approximate surface area is 177 Å². The number of hydrogen-bond donors (Lipinski definition) is 1.